The highest BCUT2D eigenvalue weighted by Crippen LogP contribution is 2.38. The van der Waals surface area contributed by atoms with Gasteiger partial charge >= 0.3 is 5.97 Å². The predicted octanol–water partition coefficient (Wildman–Crippen LogP) is 5.00. The minimum atomic E-state index is -0.398. The summed E-state index contributed by atoms with van der Waals surface area (Å²) in [6.07, 6.45) is 4.22. The zero-order valence-corrected chi connectivity index (χ0v) is 14.4. The van der Waals surface area contributed by atoms with Gasteiger partial charge in [-0.2, -0.15) is 4.89 Å². The van der Waals surface area contributed by atoms with E-state index in [1.165, 1.54) is 0 Å². The summed E-state index contributed by atoms with van der Waals surface area (Å²) in [5.74, 6) is 0.326. The van der Waals surface area contributed by atoms with Gasteiger partial charge in [0.25, 0.3) is 0 Å². The maximum Gasteiger partial charge on any atom is 0.373 e. The molecule has 22 heavy (non-hydrogen) atoms. The molecule has 0 N–H and O–H groups in total. The molecule has 3 nitrogen and oxygen atoms in total. The molecular weight excluding hydrogens is 276 g/mol. The topological polar surface area (TPSA) is 35.5 Å². The fraction of sp³-hybridized carbons (Fsp3) is 0.632. The van der Waals surface area contributed by atoms with Crippen molar-refractivity contribution in [2.45, 2.75) is 66.4 Å². The van der Waals surface area contributed by atoms with Crippen LogP contribution in [-0.2, 0) is 9.78 Å². The van der Waals surface area contributed by atoms with Gasteiger partial charge in [-0.1, -0.05) is 38.0 Å². The molecule has 3 heteroatoms. The molecular formula is C19H28O3. The first-order valence-electron chi connectivity index (χ1n) is 8.21. The van der Waals surface area contributed by atoms with Crippen molar-refractivity contribution in [3.63, 3.8) is 0 Å². The van der Waals surface area contributed by atoms with E-state index in [4.69, 9.17) is 9.78 Å². The van der Waals surface area contributed by atoms with E-state index in [0.29, 0.717) is 11.0 Å². The average Bonchev–Trinajstić information content (AvgIpc) is 2.43. The Balaban J connectivity index is 1.83. The van der Waals surface area contributed by atoms with Crippen LogP contribution in [0.3, 0.4) is 0 Å². The van der Waals surface area contributed by atoms with E-state index in [-0.39, 0.29) is 6.10 Å². The maximum absolute atomic E-state index is 12.1. The first-order chi connectivity index (χ1) is 10.3. The van der Waals surface area contributed by atoms with Gasteiger partial charge in [0.15, 0.2) is 0 Å². The van der Waals surface area contributed by atoms with Crippen LogP contribution in [-0.4, -0.2) is 12.1 Å². The predicted molar refractivity (Wildman–Crippen MR) is 87.6 cm³/mol. The Morgan fingerprint density at radius 3 is 2.05 bits per heavy atom. The standard InChI is InChI=1S/C19H28O3/c1-13-10-14(2)12-15(11-13)18(20)22-21-17-8-6-16(7-9-17)19(3,4)5/h10-12,16-17H,6-9H2,1-5H3. The zero-order valence-electron chi connectivity index (χ0n) is 14.4. The van der Waals surface area contributed by atoms with Crippen LogP contribution in [0, 0.1) is 25.2 Å². The van der Waals surface area contributed by atoms with Crippen molar-refractivity contribution in [3.05, 3.63) is 34.9 Å². The lowest BCUT2D eigenvalue weighted by Crippen LogP contribution is -2.29. The van der Waals surface area contributed by atoms with E-state index in [2.05, 4.69) is 20.8 Å². The Morgan fingerprint density at radius 1 is 1.00 bits per heavy atom. The third kappa shape index (κ3) is 4.57. The van der Waals surface area contributed by atoms with Crippen molar-refractivity contribution in [2.75, 3.05) is 0 Å². The molecule has 2 rings (SSSR count). The summed E-state index contributed by atoms with van der Waals surface area (Å²) < 4.78 is 0. The second-order valence-corrected chi connectivity index (χ2v) is 7.68. The van der Waals surface area contributed by atoms with E-state index in [1.807, 2.05) is 32.0 Å². The van der Waals surface area contributed by atoms with Gasteiger partial charge in [0.2, 0.25) is 0 Å². The molecule has 0 atom stereocenters. The van der Waals surface area contributed by atoms with Crippen LogP contribution in [0.25, 0.3) is 0 Å². The Labute approximate surface area is 133 Å². The summed E-state index contributed by atoms with van der Waals surface area (Å²) in [6.45, 7) is 10.8. The van der Waals surface area contributed by atoms with Gasteiger partial charge in [-0.15, -0.1) is 0 Å². The van der Waals surface area contributed by atoms with Crippen molar-refractivity contribution < 1.29 is 14.6 Å². The van der Waals surface area contributed by atoms with Crippen LogP contribution in [0.4, 0.5) is 0 Å². The van der Waals surface area contributed by atoms with Crippen LogP contribution in [0.5, 0.6) is 0 Å². The lowest BCUT2D eigenvalue weighted by atomic mass is 9.72. The molecule has 1 aliphatic carbocycles. The average molecular weight is 304 g/mol. The number of benzene rings is 1. The van der Waals surface area contributed by atoms with Gasteiger partial charge in [0.1, 0.15) is 6.10 Å². The summed E-state index contributed by atoms with van der Waals surface area (Å²) in [5, 5.41) is 0. The molecule has 0 saturated heterocycles. The number of carbonyl (C=O) groups is 1. The number of hydrogen-bond acceptors (Lipinski definition) is 3. The molecule has 0 spiro atoms. The molecule has 1 aromatic rings. The minimum Gasteiger partial charge on any atom is -0.293 e. The summed E-state index contributed by atoms with van der Waals surface area (Å²) >= 11 is 0. The zero-order chi connectivity index (χ0) is 16.3. The molecule has 1 fully saturated rings. The quantitative estimate of drug-likeness (QED) is 0.582. The Hall–Kier alpha value is -1.35. The molecule has 0 heterocycles. The summed E-state index contributed by atoms with van der Waals surface area (Å²) in [5.41, 5.74) is 3.01. The van der Waals surface area contributed by atoms with Crippen molar-refractivity contribution in [2.24, 2.45) is 11.3 Å². The molecule has 0 radical (unpaired) electrons. The molecule has 0 bridgehead atoms. The fourth-order valence-corrected chi connectivity index (χ4v) is 3.28. The number of carbonyl (C=O) groups excluding carboxylic acids is 1. The van der Waals surface area contributed by atoms with E-state index >= 15 is 0 Å². The molecule has 1 aromatic carbocycles. The normalized spacial score (nSPS) is 22.4. The van der Waals surface area contributed by atoms with E-state index in [1.54, 1.807) is 0 Å². The first kappa shape index (κ1) is 17.0. The monoisotopic (exact) mass is 304 g/mol. The lowest BCUT2D eigenvalue weighted by Gasteiger charge is -2.36. The van der Waals surface area contributed by atoms with E-state index < -0.39 is 5.97 Å². The van der Waals surface area contributed by atoms with Crippen LogP contribution >= 0.6 is 0 Å². The van der Waals surface area contributed by atoms with Crippen molar-refractivity contribution in [1.82, 2.24) is 0 Å². The van der Waals surface area contributed by atoms with Gasteiger partial charge in [-0.3, -0.25) is 4.89 Å². The highest BCUT2D eigenvalue weighted by molar-refractivity contribution is 5.89. The van der Waals surface area contributed by atoms with Crippen molar-refractivity contribution >= 4 is 5.97 Å². The summed E-state index contributed by atoms with van der Waals surface area (Å²) in [7, 11) is 0. The summed E-state index contributed by atoms with van der Waals surface area (Å²) in [4.78, 5) is 22.5. The highest BCUT2D eigenvalue weighted by Gasteiger charge is 2.31. The van der Waals surface area contributed by atoms with Crippen LogP contribution in [0.15, 0.2) is 18.2 Å². The van der Waals surface area contributed by atoms with Crippen LogP contribution in [0.1, 0.15) is 67.9 Å². The Kier molecular flexibility index (Phi) is 5.28. The number of rotatable bonds is 3. The molecule has 0 aromatic heterocycles. The van der Waals surface area contributed by atoms with Gasteiger partial charge in [-0.25, -0.2) is 4.79 Å². The number of aryl methyl sites for hydroxylation is 2. The van der Waals surface area contributed by atoms with Gasteiger partial charge < -0.3 is 0 Å². The molecule has 0 amide bonds. The van der Waals surface area contributed by atoms with Crippen molar-refractivity contribution in [3.8, 4) is 0 Å². The highest BCUT2D eigenvalue weighted by atomic mass is 17.2. The third-order valence-corrected chi connectivity index (χ3v) is 4.62. The molecule has 122 valence electrons. The molecule has 1 saturated carbocycles. The summed E-state index contributed by atoms with van der Waals surface area (Å²) in [6, 6.07) is 5.69. The fourth-order valence-electron chi connectivity index (χ4n) is 3.28. The third-order valence-electron chi connectivity index (χ3n) is 4.62. The molecule has 0 aliphatic heterocycles. The van der Waals surface area contributed by atoms with Gasteiger partial charge in [-0.05, 0) is 63.0 Å². The maximum atomic E-state index is 12.1. The van der Waals surface area contributed by atoms with E-state index in [9.17, 15) is 4.79 Å². The lowest BCUT2D eigenvalue weighted by molar-refractivity contribution is -0.281. The minimum absolute atomic E-state index is 0.0356. The van der Waals surface area contributed by atoms with Crippen LogP contribution in [0.2, 0.25) is 0 Å². The largest absolute Gasteiger partial charge is 0.373 e. The Bertz CT molecular complexity index is 500. The van der Waals surface area contributed by atoms with Crippen LogP contribution < -0.4 is 0 Å². The first-order valence-corrected chi connectivity index (χ1v) is 8.21. The Morgan fingerprint density at radius 2 is 1.55 bits per heavy atom. The molecule has 0 unspecified atom stereocenters. The van der Waals surface area contributed by atoms with Gasteiger partial charge in [0, 0.05) is 0 Å². The van der Waals surface area contributed by atoms with Crippen molar-refractivity contribution in [1.29, 1.82) is 0 Å². The van der Waals surface area contributed by atoms with Gasteiger partial charge in [0.05, 0.1) is 5.56 Å². The van der Waals surface area contributed by atoms with E-state index in [0.717, 1.165) is 42.7 Å². The number of hydrogen-bond donors (Lipinski definition) is 0. The second-order valence-electron chi connectivity index (χ2n) is 7.68. The second kappa shape index (κ2) is 6.82. The smallest absolute Gasteiger partial charge is 0.293 e. The SMILES string of the molecule is Cc1cc(C)cc(C(=O)OOC2CCC(C(C)(C)C)CC2)c1. The molecule has 1 aliphatic rings.